The number of hydrogen-bond donors (Lipinski definition) is 0. The lowest BCUT2D eigenvalue weighted by Gasteiger charge is -2.10. The van der Waals surface area contributed by atoms with Crippen LogP contribution in [0.15, 0.2) is 53.5 Å². The number of benzene rings is 3. The smallest absolute Gasteiger partial charge is 0.0798 e. The lowest BCUT2D eigenvalue weighted by molar-refractivity contribution is 1.33. The maximum Gasteiger partial charge on any atom is 0.0798 e. The van der Waals surface area contributed by atoms with E-state index in [1.165, 1.54) is 27.8 Å². The molecule has 28 heavy (non-hydrogen) atoms. The van der Waals surface area contributed by atoms with Gasteiger partial charge in [0.25, 0.3) is 0 Å². The fraction of sp³-hybridized carbons (Fsp3) is 0.192. The molecule has 0 radical (unpaired) electrons. The van der Waals surface area contributed by atoms with Crippen molar-refractivity contribution in [1.82, 2.24) is 0 Å². The lowest BCUT2D eigenvalue weighted by atomic mass is 9.96. The van der Waals surface area contributed by atoms with E-state index < -0.39 is 0 Å². The summed E-state index contributed by atoms with van der Waals surface area (Å²) in [6.45, 7) is 10.4. The maximum absolute atomic E-state index is 4.76. The van der Waals surface area contributed by atoms with Gasteiger partial charge in [-0.2, -0.15) is 4.99 Å². The molecule has 0 atom stereocenters. The number of thiocarbonyl (C=S) groups is 1. The Morgan fingerprint density at radius 3 is 1.71 bits per heavy atom. The van der Waals surface area contributed by atoms with Crippen LogP contribution in [-0.2, 0) is 0 Å². The fourth-order valence-corrected chi connectivity index (χ4v) is 3.51. The van der Waals surface area contributed by atoms with E-state index in [0.717, 1.165) is 27.9 Å². The first-order chi connectivity index (χ1) is 13.4. The highest BCUT2D eigenvalue weighted by molar-refractivity contribution is 7.78. The topological polar surface area (TPSA) is 12.4 Å². The minimum Gasteiger partial charge on any atom is -0.194 e. The average Bonchev–Trinajstić information content (AvgIpc) is 2.64. The Morgan fingerprint density at radius 1 is 0.643 bits per heavy atom. The minimum atomic E-state index is 0.909. The van der Waals surface area contributed by atoms with E-state index in [4.69, 9.17) is 12.2 Å². The Bertz CT molecular complexity index is 1150. The molecule has 0 saturated carbocycles. The van der Waals surface area contributed by atoms with Crippen molar-refractivity contribution in [1.29, 1.82) is 0 Å². The van der Waals surface area contributed by atoms with Crippen LogP contribution in [0.25, 0.3) is 11.1 Å². The maximum atomic E-state index is 4.76. The zero-order valence-electron chi connectivity index (χ0n) is 17.0. The van der Waals surface area contributed by atoms with Gasteiger partial charge in [0.2, 0.25) is 0 Å². The van der Waals surface area contributed by atoms with Crippen LogP contribution in [0, 0.1) is 46.5 Å². The van der Waals surface area contributed by atoms with Crippen molar-refractivity contribution in [3.05, 3.63) is 87.5 Å². The van der Waals surface area contributed by atoms with Crippen molar-refractivity contribution in [2.75, 3.05) is 0 Å². The zero-order chi connectivity index (χ0) is 20.3. The van der Waals surface area contributed by atoms with E-state index in [1.54, 1.807) is 0 Å². The molecule has 0 fully saturated rings. The van der Waals surface area contributed by atoms with Gasteiger partial charge in [0.1, 0.15) is 0 Å². The number of hydrogen-bond acceptors (Lipinski definition) is 2. The van der Waals surface area contributed by atoms with Gasteiger partial charge in [-0.3, -0.25) is 0 Å². The van der Waals surface area contributed by atoms with Crippen molar-refractivity contribution in [3.63, 3.8) is 0 Å². The molecule has 0 spiro atoms. The van der Waals surface area contributed by atoms with Crippen molar-refractivity contribution in [2.24, 2.45) is 4.99 Å². The zero-order valence-corrected chi connectivity index (χ0v) is 17.8. The van der Waals surface area contributed by atoms with Crippen LogP contribution in [0.5, 0.6) is 0 Å². The molecule has 2 heteroatoms. The van der Waals surface area contributed by atoms with Crippen LogP contribution in [0.1, 0.15) is 38.9 Å². The van der Waals surface area contributed by atoms with E-state index >= 15 is 0 Å². The fourth-order valence-electron chi connectivity index (χ4n) is 3.42. The summed E-state index contributed by atoms with van der Waals surface area (Å²) in [5.41, 5.74) is 11.2. The SMILES string of the molecule is Cc1ccc(C#Cc2ccc(-c3cc(C)c(N=C=S)c(C)c3)cc2C)c(C)c1. The molecule has 0 aliphatic heterocycles. The molecule has 3 rings (SSSR count). The van der Waals surface area contributed by atoms with Gasteiger partial charge in [-0.1, -0.05) is 41.7 Å². The van der Waals surface area contributed by atoms with Gasteiger partial charge in [0, 0.05) is 11.1 Å². The summed E-state index contributed by atoms with van der Waals surface area (Å²) in [4.78, 5) is 4.18. The van der Waals surface area contributed by atoms with Crippen molar-refractivity contribution < 1.29 is 0 Å². The number of rotatable bonds is 2. The predicted octanol–water partition coefficient (Wildman–Crippen LogP) is 7.03. The van der Waals surface area contributed by atoms with Crippen molar-refractivity contribution in [2.45, 2.75) is 34.6 Å². The number of nitrogens with zero attached hydrogens (tertiary/aromatic N) is 1. The predicted molar refractivity (Wildman–Crippen MR) is 123 cm³/mol. The molecule has 3 aromatic carbocycles. The monoisotopic (exact) mass is 381 g/mol. The second-order valence-corrected chi connectivity index (χ2v) is 7.44. The van der Waals surface area contributed by atoms with Gasteiger partial charge in [-0.25, -0.2) is 0 Å². The number of aliphatic imine (C=N–C) groups is 1. The largest absolute Gasteiger partial charge is 0.194 e. The Balaban J connectivity index is 1.96. The summed E-state index contributed by atoms with van der Waals surface area (Å²) < 4.78 is 0. The number of aryl methyl sites for hydroxylation is 5. The summed E-state index contributed by atoms with van der Waals surface area (Å²) in [7, 11) is 0. The summed E-state index contributed by atoms with van der Waals surface area (Å²) in [6, 6.07) is 17.1. The summed E-state index contributed by atoms with van der Waals surface area (Å²) in [5, 5.41) is 2.47. The molecule has 0 aliphatic carbocycles. The van der Waals surface area contributed by atoms with Crippen molar-refractivity contribution >= 4 is 23.1 Å². The lowest BCUT2D eigenvalue weighted by Crippen LogP contribution is -1.89. The summed E-state index contributed by atoms with van der Waals surface area (Å²) >= 11 is 4.76. The Hall–Kier alpha value is -2.98. The molecule has 0 unspecified atom stereocenters. The van der Waals surface area contributed by atoms with Crippen LogP contribution >= 0.6 is 12.2 Å². The first kappa shape index (κ1) is 19.8. The normalized spacial score (nSPS) is 10.0. The van der Waals surface area contributed by atoms with E-state index in [1.807, 2.05) is 0 Å². The highest BCUT2D eigenvalue weighted by atomic mass is 32.1. The molecule has 3 aromatic rings. The molecular formula is C26H23NS. The van der Waals surface area contributed by atoms with E-state index in [-0.39, 0.29) is 0 Å². The van der Waals surface area contributed by atoms with E-state index in [0.29, 0.717) is 0 Å². The summed E-state index contributed by atoms with van der Waals surface area (Å²) in [6.07, 6.45) is 0. The molecule has 0 bridgehead atoms. The molecule has 138 valence electrons. The summed E-state index contributed by atoms with van der Waals surface area (Å²) in [5.74, 6) is 6.65. The highest BCUT2D eigenvalue weighted by Gasteiger charge is 2.07. The number of isothiocyanates is 1. The van der Waals surface area contributed by atoms with Gasteiger partial charge >= 0.3 is 0 Å². The third-order valence-corrected chi connectivity index (χ3v) is 5.01. The van der Waals surface area contributed by atoms with Crippen LogP contribution in [-0.4, -0.2) is 5.16 Å². The van der Waals surface area contributed by atoms with Gasteiger partial charge in [0.15, 0.2) is 0 Å². The van der Waals surface area contributed by atoms with E-state index in [9.17, 15) is 0 Å². The standard InChI is InChI=1S/C26H23NS/c1-17-6-7-22(18(2)12-17)8-9-23-10-11-24(13-19(23)3)25-14-20(4)26(27-16-28)21(5)15-25/h6-7,10-15H,1-5H3. The van der Waals surface area contributed by atoms with Gasteiger partial charge in [-0.15, -0.1) is 0 Å². The molecule has 0 aromatic heterocycles. The molecule has 0 heterocycles. The van der Waals surface area contributed by atoms with Gasteiger partial charge in [0.05, 0.1) is 10.8 Å². The first-order valence-corrected chi connectivity index (χ1v) is 9.69. The first-order valence-electron chi connectivity index (χ1n) is 9.28. The molecule has 1 nitrogen and oxygen atoms in total. The average molecular weight is 382 g/mol. The van der Waals surface area contributed by atoms with Gasteiger partial charge < -0.3 is 0 Å². The van der Waals surface area contributed by atoms with Crippen LogP contribution in [0.4, 0.5) is 5.69 Å². The molecule has 0 saturated heterocycles. The molecule has 0 aliphatic rings. The third kappa shape index (κ3) is 4.29. The Labute approximate surface area is 173 Å². The third-order valence-electron chi connectivity index (χ3n) is 4.92. The molecule has 0 amide bonds. The van der Waals surface area contributed by atoms with Crippen molar-refractivity contribution in [3.8, 4) is 23.0 Å². The highest BCUT2D eigenvalue weighted by Crippen LogP contribution is 2.31. The second kappa shape index (κ2) is 8.36. The van der Waals surface area contributed by atoms with Crippen LogP contribution in [0.2, 0.25) is 0 Å². The molecule has 0 N–H and O–H groups in total. The van der Waals surface area contributed by atoms with Crippen LogP contribution in [0.3, 0.4) is 0 Å². The Kier molecular flexibility index (Phi) is 5.90. The minimum absolute atomic E-state index is 0.909. The van der Waals surface area contributed by atoms with Crippen LogP contribution < -0.4 is 0 Å². The van der Waals surface area contributed by atoms with E-state index in [2.05, 4.69) is 105 Å². The molecular weight excluding hydrogens is 358 g/mol. The quantitative estimate of drug-likeness (QED) is 0.264. The Morgan fingerprint density at radius 2 is 1.18 bits per heavy atom. The second-order valence-electron chi connectivity index (χ2n) is 7.26. The van der Waals surface area contributed by atoms with Gasteiger partial charge in [-0.05, 0) is 104 Å².